The molecule has 2 aliphatic rings. The summed E-state index contributed by atoms with van der Waals surface area (Å²) in [6, 6.07) is 0. The Hall–Kier alpha value is -0.770. The Morgan fingerprint density at radius 2 is 1.58 bits per heavy atom. The van der Waals surface area contributed by atoms with Crippen LogP contribution < -0.4 is 5.73 Å². The van der Waals surface area contributed by atoms with Gasteiger partial charge < -0.3 is 15.5 Å². The van der Waals surface area contributed by atoms with E-state index in [1.54, 1.807) is 0 Å². The highest BCUT2D eigenvalue weighted by molar-refractivity contribution is 5.78. The number of likely N-dealkylation sites (tertiary alicyclic amines) is 2. The molecule has 2 N–H and O–H groups in total. The lowest BCUT2D eigenvalue weighted by Gasteiger charge is -2.29. The first-order chi connectivity index (χ1) is 9.25. The Morgan fingerprint density at radius 1 is 1.00 bits per heavy atom. The number of rotatable bonds is 4. The van der Waals surface area contributed by atoms with Crippen molar-refractivity contribution in [1.29, 1.82) is 0 Å². The highest BCUT2D eigenvalue weighted by Gasteiger charge is 2.15. The Balaban J connectivity index is 1.70. The van der Waals surface area contributed by atoms with Gasteiger partial charge in [0.25, 0.3) is 0 Å². The molecule has 0 bridgehead atoms. The topological polar surface area (TPSA) is 44.9 Å². The van der Waals surface area contributed by atoms with Gasteiger partial charge in [-0.2, -0.15) is 0 Å². The zero-order valence-electron chi connectivity index (χ0n) is 12.5. The molecule has 2 heterocycles. The smallest absolute Gasteiger partial charge is 0.191 e. The third kappa shape index (κ3) is 5.01. The van der Waals surface area contributed by atoms with Crippen molar-refractivity contribution >= 4 is 5.96 Å². The first kappa shape index (κ1) is 14.6. The van der Waals surface area contributed by atoms with Crippen LogP contribution in [0.1, 0.15) is 45.4 Å². The van der Waals surface area contributed by atoms with E-state index in [0.717, 1.165) is 25.6 Å². The summed E-state index contributed by atoms with van der Waals surface area (Å²) < 4.78 is 0. The molecule has 4 nitrogen and oxygen atoms in total. The van der Waals surface area contributed by atoms with Crippen molar-refractivity contribution in [3.63, 3.8) is 0 Å². The molecule has 2 rings (SSSR count). The number of hydrogen-bond acceptors (Lipinski definition) is 2. The third-order valence-corrected chi connectivity index (χ3v) is 4.26. The van der Waals surface area contributed by atoms with Crippen LogP contribution >= 0.6 is 0 Å². The number of hydrogen-bond donors (Lipinski definition) is 1. The maximum atomic E-state index is 6.09. The fraction of sp³-hybridized carbons (Fsp3) is 0.933. The van der Waals surface area contributed by atoms with Gasteiger partial charge >= 0.3 is 0 Å². The van der Waals surface area contributed by atoms with Crippen LogP contribution in [0.5, 0.6) is 0 Å². The molecule has 0 aromatic carbocycles. The fourth-order valence-corrected chi connectivity index (χ4v) is 3.11. The van der Waals surface area contributed by atoms with E-state index in [1.165, 1.54) is 58.2 Å². The van der Waals surface area contributed by atoms with E-state index >= 15 is 0 Å². The maximum absolute atomic E-state index is 6.09. The van der Waals surface area contributed by atoms with E-state index in [9.17, 15) is 0 Å². The molecule has 1 atom stereocenters. The second-order valence-corrected chi connectivity index (χ2v) is 6.21. The molecule has 0 aliphatic carbocycles. The second-order valence-electron chi connectivity index (χ2n) is 6.21. The minimum absolute atomic E-state index is 0.612. The van der Waals surface area contributed by atoms with Crippen LogP contribution in [0.4, 0.5) is 0 Å². The zero-order chi connectivity index (χ0) is 13.5. The summed E-state index contributed by atoms with van der Waals surface area (Å²) in [6.07, 6.45) is 8.01. The Bertz CT molecular complexity index is 278. The lowest BCUT2D eigenvalue weighted by atomic mass is 10.1. The number of aliphatic imine (C=N–C) groups is 1. The average Bonchev–Trinajstić information content (AvgIpc) is 2.47. The monoisotopic (exact) mass is 266 g/mol. The molecule has 2 saturated heterocycles. The molecule has 0 aromatic rings. The van der Waals surface area contributed by atoms with Gasteiger partial charge in [0.15, 0.2) is 5.96 Å². The quantitative estimate of drug-likeness (QED) is 0.624. The third-order valence-electron chi connectivity index (χ3n) is 4.26. The second kappa shape index (κ2) is 7.73. The van der Waals surface area contributed by atoms with E-state index < -0.39 is 0 Å². The van der Waals surface area contributed by atoms with Crippen molar-refractivity contribution in [2.75, 3.05) is 39.3 Å². The highest BCUT2D eigenvalue weighted by Crippen LogP contribution is 2.12. The highest BCUT2D eigenvalue weighted by atomic mass is 15.3. The van der Waals surface area contributed by atoms with Gasteiger partial charge in [0.05, 0.1) is 0 Å². The van der Waals surface area contributed by atoms with Crippen molar-refractivity contribution in [3.05, 3.63) is 0 Å². The minimum Gasteiger partial charge on any atom is -0.370 e. The average molecular weight is 266 g/mol. The molecule has 4 heteroatoms. The summed E-state index contributed by atoms with van der Waals surface area (Å²) in [6.45, 7) is 9.08. The fourth-order valence-electron chi connectivity index (χ4n) is 3.11. The minimum atomic E-state index is 0.612. The molecule has 0 spiro atoms. The van der Waals surface area contributed by atoms with Gasteiger partial charge in [-0.25, -0.2) is 0 Å². The van der Waals surface area contributed by atoms with Crippen LogP contribution in [0.3, 0.4) is 0 Å². The van der Waals surface area contributed by atoms with Gasteiger partial charge in [-0.3, -0.25) is 4.99 Å². The Kier molecular flexibility index (Phi) is 5.95. The molecular weight excluding hydrogens is 236 g/mol. The number of nitrogens with zero attached hydrogens (tertiary/aromatic N) is 3. The van der Waals surface area contributed by atoms with E-state index in [4.69, 9.17) is 5.73 Å². The first-order valence-corrected chi connectivity index (χ1v) is 8.03. The van der Waals surface area contributed by atoms with E-state index in [-0.39, 0.29) is 0 Å². The largest absolute Gasteiger partial charge is 0.370 e. The predicted molar refractivity (Wildman–Crippen MR) is 81.4 cm³/mol. The molecule has 0 radical (unpaired) electrons. The number of piperidine rings is 2. The van der Waals surface area contributed by atoms with E-state index in [1.807, 2.05) is 0 Å². The molecule has 0 aromatic heterocycles. The van der Waals surface area contributed by atoms with Crippen LogP contribution in [0.15, 0.2) is 4.99 Å². The van der Waals surface area contributed by atoms with Crippen LogP contribution in [-0.2, 0) is 0 Å². The molecule has 2 fully saturated rings. The number of nitrogens with two attached hydrogens (primary N) is 1. The lowest BCUT2D eigenvalue weighted by Crippen LogP contribution is -2.41. The summed E-state index contributed by atoms with van der Waals surface area (Å²) in [7, 11) is 0. The lowest BCUT2D eigenvalue weighted by molar-refractivity contribution is 0.202. The van der Waals surface area contributed by atoms with Crippen LogP contribution in [0.25, 0.3) is 0 Å². The Labute approximate surface area is 118 Å². The summed E-state index contributed by atoms with van der Waals surface area (Å²) in [4.78, 5) is 9.44. The molecule has 110 valence electrons. The van der Waals surface area contributed by atoms with Gasteiger partial charge in [0.1, 0.15) is 0 Å². The van der Waals surface area contributed by atoms with Gasteiger partial charge in [-0.1, -0.05) is 13.3 Å². The Morgan fingerprint density at radius 3 is 2.21 bits per heavy atom. The molecule has 19 heavy (non-hydrogen) atoms. The molecular formula is C15H30N4. The maximum Gasteiger partial charge on any atom is 0.191 e. The van der Waals surface area contributed by atoms with Gasteiger partial charge in [0, 0.05) is 26.2 Å². The van der Waals surface area contributed by atoms with Crippen molar-refractivity contribution in [2.24, 2.45) is 16.6 Å². The molecule has 0 amide bonds. The van der Waals surface area contributed by atoms with Crippen LogP contribution in [0, 0.1) is 5.92 Å². The summed E-state index contributed by atoms with van der Waals surface area (Å²) >= 11 is 0. The van der Waals surface area contributed by atoms with Crippen LogP contribution in [-0.4, -0.2) is 55.0 Å². The van der Waals surface area contributed by atoms with Gasteiger partial charge in [-0.05, 0) is 51.1 Å². The van der Waals surface area contributed by atoms with Gasteiger partial charge in [0.2, 0.25) is 0 Å². The molecule has 0 saturated carbocycles. The summed E-state index contributed by atoms with van der Waals surface area (Å²) in [5.41, 5.74) is 6.09. The zero-order valence-corrected chi connectivity index (χ0v) is 12.5. The van der Waals surface area contributed by atoms with E-state index in [0.29, 0.717) is 5.92 Å². The van der Waals surface area contributed by atoms with E-state index in [2.05, 4.69) is 21.7 Å². The SMILES string of the molecule is CC(CN=C(N)N1CCCCC1)CN1CCCCC1. The number of guanidine groups is 1. The molecule has 2 aliphatic heterocycles. The van der Waals surface area contributed by atoms with Crippen molar-refractivity contribution < 1.29 is 0 Å². The standard InChI is InChI=1S/C15H30N4/c1-14(13-18-8-4-2-5-9-18)12-17-15(16)19-10-6-3-7-11-19/h14H,2-13H2,1H3,(H2,16,17). The van der Waals surface area contributed by atoms with Crippen LogP contribution in [0.2, 0.25) is 0 Å². The van der Waals surface area contributed by atoms with Crippen molar-refractivity contribution in [3.8, 4) is 0 Å². The summed E-state index contributed by atoms with van der Waals surface area (Å²) in [5, 5.41) is 0. The van der Waals surface area contributed by atoms with Gasteiger partial charge in [-0.15, -0.1) is 0 Å². The first-order valence-electron chi connectivity index (χ1n) is 8.03. The van der Waals surface area contributed by atoms with Crippen molar-refractivity contribution in [2.45, 2.75) is 45.4 Å². The normalized spacial score (nSPS) is 24.5. The van der Waals surface area contributed by atoms with Crippen molar-refractivity contribution in [1.82, 2.24) is 9.80 Å². The summed E-state index contributed by atoms with van der Waals surface area (Å²) in [5.74, 6) is 1.38. The molecule has 1 unspecified atom stereocenters. The predicted octanol–water partition coefficient (Wildman–Crippen LogP) is 1.91.